The first kappa shape index (κ1) is 20.9. The van der Waals surface area contributed by atoms with Gasteiger partial charge in [0.2, 0.25) is 11.8 Å². The number of benzene rings is 1. The summed E-state index contributed by atoms with van der Waals surface area (Å²) in [6, 6.07) is 7.64. The topological polar surface area (TPSA) is 58.6 Å². The molecule has 2 aromatic rings. The third-order valence-corrected chi connectivity index (χ3v) is 6.43. The minimum Gasteiger partial charge on any atom is -0.437 e. The van der Waals surface area contributed by atoms with Gasteiger partial charge in [0.05, 0.1) is 5.02 Å². The van der Waals surface area contributed by atoms with Crippen LogP contribution < -0.4 is 9.64 Å². The summed E-state index contributed by atoms with van der Waals surface area (Å²) in [6.45, 7) is 6.34. The Kier molecular flexibility index (Phi) is 6.42. The van der Waals surface area contributed by atoms with E-state index in [0.717, 1.165) is 43.9 Å². The average Bonchev–Trinajstić information content (AvgIpc) is 2.76. The van der Waals surface area contributed by atoms with Crippen molar-refractivity contribution < 1.29 is 9.53 Å². The van der Waals surface area contributed by atoms with Gasteiger partial charge in [0, 0.05) is 37.7 Å². The molecule has 1 aromatic heterocycles. The number of rotatable bonds is 4. The van der Waals surface area contributed by atoms with E-state index in [2.05, 4.69) is 26.7 Å². The van der Waals surface area contributed by atoms with Crippen molar-refractivity contribution in [3.63, 3.8) is 0 Å². The van der Waals surface area contributed by atoms with Crippen molar-refractivity contribution in [2.24, 2.45) is 5.92 Å². The molecule has 0 radical (unpaired) electrons. The summed E-state index contributed by atoms with van der Waals surface area (Å²) in [7, 11) is 0. The molecule has 1 aliphatic heterocycles. The number of nitrogens with zero attached hydrogens (tertiary/aromatic N) is 4. The summed E-state index contributed by atoms with van der Waals surface area (Å²) in [5.74, 6) is 2.40. The number of aromatic nitrogens is 2. The Balaban J connectivity index is 1.42. The standard InChI is InChI=1S/C23H29ClN4O2/c1-16-8-9-19(24)20(12-16)30-22-13-21(25-15-26-22)27-10-11-28(17(2)14-27)23(29)18-6-4-3-5-7-18/h8-9,12-13,15,17-18H,3-7,10-11,14H2,1-2H3/t17-/m0/s1. The van der Waals surface area contributed by atoms with Crippen LogP contribution in [0.2, 0.25) is 5.02 Å². The van der Waals surface area contributed by atoms with Gasteiger partial charge in [-0.05, 0) is 44.4 Å². The smallest absolute Gasteiger partial charge is 0.226 e. The maximum absolute atomic E-state index is 13.0. The van der Waals surface area contributed by atoms with Gasteiger partial charge in [-0.2, -0.15) is 0 Å². The lowest BCUT2D eigenvalue weighted by Crippen LogP contribution is -2.55. The SMILES string of the molecule is Cc1ccc(Cl)c(Oc2cc(N3CCN(C(=O)C4CCCCC4)[C@@H](C)C3)ncn2)c1. The van der Waals surface area contributed by atoms with Crippen LogP contribution in [0.4, 0.5) is 5.82 Å². The molecule has 1 atom stereocenters. The fourth-order valence-corrected chi connectivity index (χ4v) is 4.59. The molecule has 4 rings (SSSR count). The number of piperazine rings is 1. The molecular weight excluding hydrogens is 400 g/mol. The Bertz CT molecular complexity index is 901. The molecule has 7 heteroatoms. The molecule has 0 bridgehead atoms. The molecule has 6 nitrogen and oxygen atoms in total. The van der Waals surface area contributed by atoms with E-state index in [0.29, 0.717) is 22.6 Å². The summed E-state index contributed by atoms with van der Waals surface area (Å²) in [5, 5.41) is 0.546. The largest absolute Gasteiger partial charge is 0.437 e. The van der Waals surface area contributed by atoms with Gasteiger partial charge in [-0.1, -0.05) is 36.9 Å². The molecule has 0 unspecified atom stereocenters. The second-order valence-corrected chi connectivity index (χ2v) is 8.82. The first-order valence-corrected chi connectivity index (χ1v) is 11.2. The Morgan fingerprint density at radius 2 is 1.93 bits per heavy atom. The zero-order valence-corrected chi connectivity index (χ0v) is 18.4. The van der Waals surface area contributed by atoms with E-state index >= 15 is 0 Å². The van der Waals surface area contributed by atoms with Crippen LogP contribution >= 0.6 is 11.6 Å². The average molecular weight is 429 g/mol. The van der Waals surface area contributed by atoms with Gasteiger partial charge >= 0.3 is 0 Å². The molecule has 1 saturated heterocycles. The first-order valence-electron chi connectivity index (χ1n) is 10.8. The van der Waals surface area contributed by atoms with E-state index in [9.17, 15) is 4.79 Å². The number of anilines is 1. The van der Waals surface area contributed by atoms with Gasteiger partial charge in [-0.15, -0.1) is 0 Å². The molecular formula is C23H29ClN4O2. The highest BCUT2D eigenvalue weighted by Gasteiger charge is 2.32. The molecule has 2 aliphatic rings. The Hall–Kier alpha value is -2.34. The maximum Gasteiger partial charge on any atom is 0.226 e. The summed E-state index contributed by atoms with van der Waals surface area (Å²) in [4.78, 5) is 25.9. The minimum absolute atomic E-state index is 0.152. The van der Waals surface area contributed by atoms with E-state index < -0.39 is 0 Å². The van der Waals surface area contributed by atoms with Crippen molar-refractivity contribution in [1.29, 1.82) is 0 Å². The maximum atomic E-state index is 13.0. The predicted octanol–water partition coefficient (Wildman–Crippen LogP) is 4.85. The van der Waals surface area contributed by atoms with Gasteiger partial charge < -0.3 is 14.5 Å². The quantitative estimate of drug-likeness (QED) is 0.696. The van der Waals surface area contributed by atoms with Crippen molar-refractivity contribution in [3.05, 3.63) is 41.2 Å². The van der Waals surface area contributed by atoms with Gasteiger partial charge in [-0.25, -0.2) is 9.97 Å². The van der Waals surface area contributed by atoms with E-state index in [1.165, 1.54) is 25.6 Å². The fourth-order valence-electron chi connectivity index (χ4n) is 4.44. The van der Waals surface area contributed by atoms with E-state index in [-0.39, 0.29) is 12.0 Å². The monoisotopic (exact) mass is 428 g/mol. The van der Waals surface area contributed by atoms with Crippen LogP contribution in [-0.4, -0.2) is 46.5 Å². The van der Waals surface area contributed by atoms with Crippen molar-refractivity contribution in [2.45, 2.75) is 52.0 Å². The predicted molar refractivity (Wildman–Crippen MR) is 118 cm³/mol. The molecule has 2 heterocycles. The summed E-state index contributed by atoms with van der Waals surface area (Å²) < 4.78 is 5.91. The van der Waals surface area contributed by atoms with Crippen LogP contribution in [0.15, 0.2) is 30.6 Å². The molecule has 1 aliphatic carbocycles. The Labute approximate surface area is 183 Å². The zero-order chi connectivity index (χ0) is 21.1. The molecule has 0 spiro atoms. The number of hydrogen-bond donors (Lipinski definition) is 0. The highest BCUT2D eigenvalue weighted by atomic mass is 35.5. The summed E-state index contributed by atoms with van der Waals surface area (Å²) in [6.07, 6.45) is 7.22. The number of ether oxygens (including phenoxy) is 1. The lowest BCUT2D eigenvalue weighted by atomic mass is 9.88. The zero-order valence-electron chi connectivity index (χ0n) is 17.7. The highest BCUT2D eigenvalue weighted by Crippen LogP contribution is 2.31. The molecule has 1 saturated carbocycles. The van der Waals surface area contributed by atoms with Crippen LogP contribution in [0.5, 0.6) is 11.6 Å². The Morgan fingerprint density at radius 1 is 1.13 bits per heavy atom. The number of carbonyl (C=O) groups excluding carboxylic acids is 1. The van der Waals surface area contributed by atoms with Crippen molar-refractivity contribution in [1.82, 2.24) is 14.9 Å². The van der Waals surface area contributed by atoms with E-state index in [1.807, 2.05) is 31.2 Å². The number of aryl methyl sites for hydroxylation is 1. The number of amides is 1. The molecule has 1 amide bonds. The minimum atomic E-state index is 0.152. The van der Waals surface area contributed by atoms with Gasteiger partial charge in [0.25, 0.3) is 0 Å². The van der Waals surface area contributed by atoms with Crippen LogP contribution in [-0.2, 0) is 4.79 Å². The van der Waals surface area contributed by atoms with Gasteiger partial charge in [0.15, 0.2) is 0 Å². The van der Waals surface area contributed by atoms with E-state index in [4.69, 9.17) is 16.3 Å². The van der Waals surface area contributed by atoms with Gasteiger partial charge in [0.1, 0.15) is 17.9 Å². The fraction of sp³-hybridized carbons (Fsp3) is 0.522. The van der Waals surface area contributed by atoms with E-state index in [1.54, 1.807) is 0 Å². The molecule has 2 fully saturated rings. The molecule has 1 aromatic carbocycles. The summed E-state index contributed by atoms with van der Waals surface area (Å²) in [5.41, 5.74) is 1.07. The van der Waals surface area contributed by atoms with Crippen LogP contribution in [0.1, 0.15) is 44.6 Å². The second-order valence-electron chi connectivity index (χ2n) is 8.41. The number of halogens is 1. The lowest BCUT2D eigenvalue weighted by molar-refractivity contribution is -0.139. The third kappa shape index (κ3) is 4.69. The number of carbonyl (C=O) groups is 1. The second kappa shape index (κ2) is 9.21. The molecule has 160 valence electrons. The summed E-state index contributed by atoms with van der Waals surface area (Å²) >= 11 is 6.25. The van der Waals surface area contributed by atoms with Gasteiger partial charge in [-0.3, -0.25) is 4.79 Å². The van der Waals surface area contributed by atoms with Crippen LogP contribution in [0.25, 0.3) is 0 Å². The Morgan fingerprint density at radius 3 is 2.70 bits per heavy atom. The van der Waals surface area contributed by atoms with Crippen molar-refractivity contribution >= 4 is 23.3 Å². The number of hydrogen-bond acceptors (Lipinski definition) is 5. The lowest BCUT2D eigenvalue weighted by Gasteiger charge is -2.42. The van der Waals surface area contributed by atoms with Crippen molar-refractivity contribution in [3.8, 4) is 11.6 Å². The van der Waals surface area contributed by atoms with Crippen LogP contribution in [0, 0.1) is 12.8 Å². The molecule has 30 heavy (non-hydrogen) atoms. The third-order valence-electron chi connectivity index (χ3n) is 6.12. The normalized spacial score (nSPS) is 20.3. The molecule has 0 N–H and O–H groups in total. The highest BCUT2D eigenvalue weighted by molar-refractivity contribution is 6.32. The van der Waals surface area contributed by atoms with Crippen molar-refractivity contribution in [2.75, 3.05) is 24.5 Å². The van der Waals surface area contributed by atoms with Crippen LogP contribution in [0.3, 0.4) is 0 Å². The first-order chi connectivity index (χ1) is 14.5.